The van der Waals surface area contributed by atoms with Gasteiger partial charge in [0.05, 0.1) is 6.54 Å². The van der Waals surface area contributed by atoms with Crippen molar-refractivity contribution in [3.8, 4) is 0 Å². The van der Waals surface area contributed by atoms with Crippen molar-refractivity contribution in [2.24, 2.45) is 5.92 Å². The number of likely N-dealkylation sites (tertiary alicyclic amines) is 1. The molecule has 0 spiro atoms. The molecule has 3 amide bonds. The summed E-state index contributed by atoms with van der Waals surface area (Å²) in [5.74, 6) is 0.0672. The van der Waals surface area contributed by atoms with Crippen molar-refractivity contribution in [3.05, 3.63) is 53.6 Å². The van der Waals surface area contributed by atoms with E-state index in [0.29, 0.717) is 11.3 Å². The van der Waals surface area contributed by atoms with Crippen LogP contribution in [0.3, 0.4) is 0 Å². The molecular weight excluding hydrogens is 416 g/mol. The number of amides is 3. The summed E-state index contributed by atoms with van der Waals surface area (Å²) in [5, 5.41) is 8.98. The largest absolute Gasteiger partial charge is 0.376 e. The molecule has 0 radical (unpaired) electrons. The van der Waals surface area contributed by atoms with E-state index in [2.05, 4.69) is 16.0 Å². The van der Waals surface area contributed by atoms with Gasteiger partial charge in [0.15, 0.2) is 0 Å². The highest BCUT2D eigenvalue weighted by molar-refractivity contribution is 5.97. The number of nitrogens with one attached hydrogen (secondary N) is 3. The van der Waals surface area contributed by atoms with Crippen LogP contribution in [0.15, 0.2) is 42.5 Å². The second-order valence-electron chi connectivity index (χ2n) is 8.93. The van der Waals surface area contributed by atoms with E-state index in [1.54, 1.807) is 24.3 Å². The van der Waals surface area contributed by atoms with E-state index in [9.17, 15) is 14.4 Å². The highest BCUT2D eigenvalue weighted by atomic mass is 16.2. The van der Waals surface area contributed by atoms with Crippen LogP contribution in [0.2, 0.25) is 0 Å². The fourth-order valence-electron chi connectivity index (χ4n) is 4.08. The number of carbonyl (C=O) groups is 3. The molecular formula is C26H32N4O3. The summed E-state index contributed by atoms with van der Waals surface area (Å²) >= 11 is 0. The predicted octanol–water partition coefficient (Wildman–Crippen LogP) is 4.41. The molecule has 4 rings (SSSR count). The lowest BCUT2D eigenvalue weighted by molar-refractivity contribution is -0.117. The molecule has 2 aromatic rings. The second kappa shape index (κ2) is 10.5. The fourth-order valence-corrected chi connectivity index (χ4v) is 4.08. The Morgan fingerprint density at radius 3 is 2.21 bits per heavy atom. The van der Waals surface area contributed by atoms with Crippen LogP contribution in [-0.4, -0.2) is 42.3 Å². The highest BCUT2D eigenvalue weighted by Crippen LogP contribution is 2.31. The molecule has 1 saturated heterocycles. The average molecular weight is 449 g/mol. The first-order valence-corrected chi connectivity index (χ1v) is 11.8. The van der Waals surface area contributed by atoms with Crippen LogP contribution in [-0.2, 0) is 9.59 Å². The molecule has 0 unspecified atom stereocenters. The molecule has 33 heavy (non-hydrogen) atoms. The van der Waals surface area contributed by atoms with E-state index in [4.69, 9.17) is 0 Å². The summed E-state index contributed by atoms with van der Waals surface area (Å²) in [6, 6.07) is 12.7. The first-order valence-electron chi connectivity index (χ1n) is 11.8. The Bertz CT molecular complexity index is 1010. The maximum Gasteiger partial charge on any atom is 0.253 e. The second-order valence-corrected chi connectivity index (χ2v) is 8.93. The van der Waals surface area contributed by atoms with Gasteiger partial charge in [-0.05, 0) is 74.6 Å². The van der Waals surface area contributed by atoms with E-state index in [-0.39, 0.29) is 30.2 Å². The molecule has 0 bridgehead atoms. The number of rotatable bonds is 7. The third kappa shape index (κ3) is 6.12. The van der Waals surface area contributed by atoms with Gasteiger partial charge in [0.1, 0.15) is 0 Å². The van der Waals surface area contributed by atoms with Crippen LogP contribution in [0.1, 0.15) is 54.4 Å². The van der Waals surface area contributed by atoms with Gasteiger partial charge in [0.2, 0.25) is 11.8 Å². The molecule has 1 aliphatic carbocycles. The quantitative estimate of drug-likeness (QED) is 0.585. The van der Waals surface area contributed by atoms with Gasteiger partial charge in [-0.3, -0.25) is 14.4 Å². The van der Waals surface area contributed by atoms with Gasteiger partial charge in [-0.2, -0.15) is 0 Å². The topological polar surface area (TPSA) is 90.5 Å². The van der Waals surface area contributed by atoms with Gasteiger partial charge in [-0.1, -0.05) is 18.9 Å². The van der Waals surface area contributed by atoms with Crippen molar-refractivity contribution in [2.75, 3.05) is 35.6 Å². The van der Waals surface area contributed by atoms with Crippen molar-refractivity contribution < 1.29 is 14.4 Å². The van der Waals surface area contributed by atoms with Crippen LogP contribution in [0, 0.1) is 12.8 Å². The van der Waals surface area contributed by atoms with Crippen molar-refractivity contribution >= 4 is 34.8 Å². The van der Waals surface area contributed by atoms with Gasteiger partial charge >= 0.3 is 0 Å². The van der Waals surface area contributed by atoms with E-state index in [0.717, 1.165) is 55.7 Å². The molecule has 7 heteroatoms. The van der Waals surface area contributed by atoms with Gasteiger partial charge in [0, 0.05) is 41.6 Å². The molecule has 1 aliphatic heterocycles. The molecule has 2 aromatic carbocycles. The molecule has 3 N–H and O–H groups in total. The number of hydrogen-bond donors (Lipinski definition) is 3. The van der Waals surface area contributed by atoms with Crippen molar-refractivity contribution in [1.29, 1.82) is 0 Å². The van der Waals surface area contributed by atoms with Crippen molar-refractivity contribution in [1.82, 2.24) is 4.90 Å². The van der Waals surface area contributed by atoms with E-state index in [1.807, 2.05) is 30.0 Å². The Morgan fingerprint density at radius 2 is 1.55 bits per heavy atom. The lowest BCUT2D eigenvalue weighted by atomic mass is 10.1. The average Bonchev–Trinajstić information content (AvgIpc) is 3.67. The number of benzene rings is 2. The summed E-state index contributed by atoms with van der Waals surface area (Å²) in [4.78, 5) is 39.1. The van der Waals surface area contributed by atoms with Crippen molar-refractivity contribution in [2.45, 2.75) is 45.4 Å². The summed E-state index contributed by atoms with van der Waals surface area (Å²) < 4.78 is 0. The molecule has 0 aromatic heterocycles. The van der Waals surface area contributed by atoms with Crippen LogP contribution >= 0.6 is 0 Å². The van der Waals surface area contributed by atoms with Gasteiger partial charge < -0.3 is 20.9 Å². The molecule has 1 heterocycles. The Balaban J connectivity index is 1.29. The molecule has 7 nitrogen and oxygen atoms in total. The maximum absolute atomic E-state index is 12.7. The molecule has 174 valence electrons. The van der Waals surface area contributed by atoms with Crippen LogP contribution in [0.5, 0.6) is 0 Å². The fraction of sp³-hybridized carbons (Fsp3) is 0.423. The number of anilines is 3. The maximum atomic E-state index is 12.7. The lowest BCUT2D eigenvalue weighted by Gasteiger charge is -2.20. The lowest BCUT2D eigenvalue weighted by Crippen LogP contribution is -2.31. The van der Waals surface area contributed by atoms with E-state index in [1.165, 1.54) is 12.8 Å². The third-order valence-corrected chi connectivity index (χ3v) is 6.29. The monoisotopic (exact) mass is 448 g/mol. The number of hydrogen-bond acceptors (Lipinski definition) is 4. The van der Waals surface area contributed by atoms with Crippen molar-refractivity contribution in [3.63, 3.8) is 0 Å². The molecule has 1 saturated carbocycles. The minimum atomic E-state index is -0.187. The van der Waals surface area contributed by atoms with Gasteiger partial charge in [0.25, 0.3) is 5.91 Å². The van der Waals surface area contributed by atoms with E-state index < -0.39 is 0 Å². The zero-order valence-corrected chi connectivity index (χ0v) is 19.2. The zero-order chi connectivity index (χ0) is 23.2. The minimum Gasteiger partial charge on any atom is -0.376 e. The van der Waals surface area contributed by atoms with Gasteiger partial charge in [-0.15, -0.1) is 0 Å². The molecule has 2 aliphatic rings. The first-order chi connectivity index (χ1) is 16.0. The summed E-state index contributed by atoms with van der Waals surface area (Å²) in [5.41, 5.74) is 3.76. The Kier molecular flexibility index (Phi) is 7.27. The van der Waals surface area contributed by atoms with Gasteiger partial charge in [-0.25, -0.2) is 0 Å². The summed E-state index contributed by atoms with van der Waals surface area (Å²) in [6.45, 7) is 3.64. The highest BCUT2D eigenvalue weighted by Gasteiger charge is 2.29. The Labute approximate surface area is 194 Å². The Morgan fingerprint density at radius 1 is 0.879 bits per heavy atom. The minimum absolute atomic E-state index is 0.0561. The predicted molar refractivity (Wildman–Crippen MR) is 130 cm³/mol. The van der Waals surface area contributed by atoms with Crippen LogP contribution in [0.4, 0.5) is 17.1 Å². The SMILES string of the molecule is Cc1c(NCC(=O)Nc2ccc(C(=O)N3CCCCCC3)cc2)cccc1NC(=O)C1CC1. The van der Waals surface area contributed by atoms with Crippen LogP contribution < -0.4 is 16.0 Å². The zero-order valence-electron chi connectivity index (χ0n) is 19.2. The Hall–Kier alpha value is -3.35. The number of nitrogens with zero attached hydrogens (tertiary/aromatic N) is 1. The summed E-state index contributed by atoms with van der Waals surface area (Å²) in [7, 11) is 0. The molecule has 0 atom stereocenters. The van der Waals surface area contributed by atoms with Crippen LogP contribution in [0.25, 0.3) is 0 Å². The summed E-state index contributed by atoms with van der Waals surface area (Å²) in [6.07, 6.45) is 6.39. The third-order valence-electron chi connectivity index (χ3n) is 6.29. The van der Waals surface area contributed by atoms with E-state index >= 15 is 0 Å². The first kappa shape index (κ1) is 22.8. The smallest absolute Gasteiger partial charge is 0.253 e. The normalized spacial score (nSPS) is 16.0. The molecule has 2 fully saturated rings. The standard InChI is InChI=1S/C26H32N4O3/c1-18-22(7-6-8-23(18)29-25(32)19-9-10-19)27-17-24(31)28-21-13-11-20(12-14-21)26(33)30-15-4-2-3-5-16-30/h6-8,11-14,19,27H,2-5,9-10,15-17H2,1H3,(H,28,31)(H,29,32). The number of carbonyl (C=O) groups excluding carboxylic acids is 3.